The highest BCUT2D eigenvalue weighted by Gasteiger charge is 2.20. The van der Waals surface area contributed by atoms with E-state index in [9.17, 15) is 9.59 Å². The zero-order valence-electron chi connectivity index (χ0n) is 14.3. The van der Waals surface area contributed by atoms with E-state index in [2.05, 4.69) is 0 Å². The number of rotatable bonds is 5. The fraction of sp³-hybridized carbons (Fsp3) is 0.579. The minimum Gasteiger partial charge on any atom is -0.467 e. The Hall–Kier alpha value is -1.88. The normalized spacial score (nSPS) is 17.3. The van der Waals surface area contributed by atoms with Crippen LogP contribution in [0.2, 0.25) is 0 Å². The summed E-state index contributed by atoms with van der Waals surface area (Å²) in [5.74, 6) is 0.462. The monoisotopic (exact) mass is 334 g/mol. The lowest BCUT2D eigenvalue weighted by Gasteiger charge is -2.20. The summed E-state index contributed by atoms with van der Waals surface area (Å²) in [7, 11) is 1.53. The fourth-order valence-electron chi connectivity index (χ4n) is 2.87. The summed E-state index contributed by atoms with van der Waals surface area (Å²) in [6.07, 6.45) is 6.38. The molecule has 2 rings (SSSR count). The van der Waals surface area contributed by atoms with Crippen molar-refractivity contribution in [1.29, 1.82) is 0 Å². The molecule has 0 saturated heterocycles. The topological polar surface area (TPSA) is 61.8 Å². The minimum atomic E-state index is -0.361. The van der Waals surface area contributed by atoms with Crippen molar-refractivity contribution in [1.82, 2.24) is 0 Å². The number of benzene rings is 1. The number of ketones is 1. The van der Waals surface area contributed by atoms with Crippen LogP contribution in [0, 0.1) is 0 Å². The van der Waals surface area contributed by atoms with Crippen molar-refractivity contribution in [2.75, 3.05) is 13.9 Å². The Labute approximate surface area is 143 Å². The number of methoxy groups -OCH3 is 1. The number of hydrogen-bond acceptors (Lipinski definition) is 5. The molecule has 0 aromatic heterocycles. The highest BCUT2D eigenvalue weighted by molar-refractivity contribution is 5.92. The molecular formula is C19H26O5. The number of ether oxygens (including phenoxy) is 3. The van der Waals surface area contributed by atoms with Gasteiger partial charge in [-0.3, -0.25) is 4.79 Å². The van der Waals surface area contributed by atoms with Gasteiger partial charge < -0.3 is 14.2 Å². The number of carbonyl (C=O) groups excluding carboxylic acids is 2. The van der Waals surface area contributed by atoms with Crippen LogP contribution in [0.15, 0.2) is 24.3 Å². The Balaban J connectivity index is 1.95. The summed E-state index contributed by atoms with van der Waals surface area (Å²) in [6, 6.07) is 7.03. The SMILES string of the molecule is COCOc1ccccc1C(=O)OC1CCCCC(=O)CCCC1. The van der Waals surface area contributed by atoms with E-state index in [1.165, 1.54) is 7.11 Å². The molecule has 1 aromatic rings. The first kappa shape index (κ1) is 18.5. The summed E-state index contributed by atoms with van der Waals surface area (Å²) < 4.78 is 16.0. The molecule has 0 N–H and O–H groups in total. The van der Waals surface area contributed by atoms with E-state index >= 15 is 0 Å². The molecule has 5 nitrogen and oxygen atoms in total. The molecule has 1 aromatic carbocycles. The molecule has 0 bridgehead atoms. The van der Waals surface area contributed by atoms with Gasteiger partial charge in [0.15, 0.2) is 6.79 Å². The van der Waals surface area contributed by atoms with Gasteiger partial charge in [0.1, 0.15) is 23.2 Å². The second-order valence-electron chi connectivity index (χ2n) is 6.10. The molecule has 24 heavy (non-hydrogen) atoms. The third-order valence-corrected chi connectivity index (χ3v) is 4.18. The van der Waals surface area contributed by atoms with Crippen LogP contribution in [-0.2, 0) is 14.3 Å². The van der Waals surface area contributed by atoms with Crippen LogP contribution in [0.4, 0.5) is 0 Å². The van der Waals surface area contributed by atoms with Gasteiger partial charge in [0.2, 0.25) is 0 Å². The predicted octanol–water partition coefficient (Wildman–Crippen LogP) is 3.90. The lowest BCUT2D eigenvalue weighted by molar-refractivity contribution is -0.119. The first-order valence-corrected chi connectivity index (χ1v) is 8.64. The van der Waals surface area contributed by atoms with Gasteiger partial charge >= 0.3 is 5.97 Å². The molecular weight excluding hydrogens is 308 g/mol. The third-order valence-electron chi connectivity index (χ3n) is 4.18. The standard InChI is InChI=1S/C19H26O5/c1-22-14-23-18-13-7-6-12-17(18)19(21)24-16-10-4-2-8-15(20)9-3-5-11-16/h6-7,12-13,16H,2-5,8-11,14H2,1H3. The lowest BCUT2D eigenvalue weighted by Crippen LogP contribution is -2.20. The molecule has 1 aliphatic rings. The third kappa shape index (κ3) is 5.96. The zero-order chi connectivity index (χ0) is 17.2. The first-order chi connectivity index (χ1) is 11.7. The van der Waals surface area contributed by atoms with Gasteiger partial charge in [-0.1, -0.05) is 12.1 Å². The van der Waals surface area contributed by atoms with Crippen molar-refractivity contribution in [2.45, 2.75) is 57.5 Å². The van der Waals surface area contributed by atoms with E-state index in [-0.39, 0.29) is 18.9 Å². The highest BCUT2D eigenvalue weighted by Crippen LogP contribution is 2.23. The van der Waals surface area contributed by atoms with E-state index < -0.39 is 0 Å². The summed E-state index contributed by atoms with van der Waals surface area (Å²) >= 11 is 0. The van der Waals surface area contributed by atoms with Crippen LogP contribution in [0.1, 0.15) is 61.7 Å². The Bertz CT molecular complexity index is 526. The minimum absolute atomic E-state index is 0.0851. The van der Waals surface area contributed by atoms with E-state index in [4.69, 9.17) is 14.2 Å². The lowest BCUT2D eigenvalue weighted by atomic mass is 9.98. The van der Waals surface area contributed by atoms with E-state index in [1.54, 1.807) is 18.2 Å². The van der Waals surface area contributed by atoms with Crippen molar-refractivity contribution >= 4 is 11.8 Å². The van der Waals surface area contributed by atoms with Crippen LogP contribution in [-0.4, -0.2) is 31.8 Å². The van der Waals surface area contributed by atoms with Crippen molar-refractivity contribution in [2.24, 2.45) is 0 Å². The van der Waals surface area contributed by atoms with Gasteiger partial charge in [-0.2, -0.15) is 0 Å². The average molecular weight is 334 g/mol. The van der Waals surface area contributed by atoms with E-state index in [0.717, 1.165) is 38.5 Å². The molecule has 0 unspecified atom stereocenters. The Morgan fingerprint density at radius 3 is 2.42 bits per heavy atom. The average Bonchev–Trinajstić information content (AvgIpc) is 2.60. The molecule has 0 amide bonds. The van der Waals surface area contributed by atoms with Crippen LogP contribution in [0.25, 0.3) is 0 Å². The zero-order valence-corrected chi connectivity index (χ0v) is 14.3. The number of esters is 1. The Morgan fingerprint density at radius 1 is 1.08 bits per heavy atom. The number of carbonyl (C=O) groups is 2. The Morgan fingerprint density at radius 2 is 1.75 bits per heavy atom. The quantitative estimate of drug-likeness (QED) is 0.604. The summed E-state index contributed by atoms with van der Waals surface area (Å²) in [6.45, 7) is 0.0851. The fourth-order valence-corrected chi connectivity index (χ4v) is 2.87. The number of para-hydroxylation sites is 1. The second kappa shape index (κ2) is 10.1. The maximum absolute atomic E-state index is 12.5. The largest absolute Gasteiger partial charge is 0.467 e. The summed E-state index contributed by atoms with van der Waals surface area (Å²) in [4.78, 5) is 24.1. The molecule has 1 aliphatic carbocycles. The van der Waals surface area contributed by atoms with Crippen LogP contribution >= 0.6 is 0 Å². The first-order valence-electron chi connectivity index (χ1n) is 8.64. The van der Waals surface area contributed by atoms with Crippen molar-refractivity contribution in [3.8, 4) is 5.75 Å². The van der Waals surface area contributed by atoms with Crippen LogP contribution in [0.3, 0.4) is 0 Å². The number of Topliss-reactive ketones (excluding diaryl/α,β-unsaturated/α-hetero) is 1. The molecule has 132 valence electrons. The van der Waals surface area contributed by atoms with Gasteiger partial charge in [-0.15, -0.1) is 0 Å². The molecule has 0 heterocycles. The van der Waals surface area contributed by atoms with Crippen molar-refractivity contribution in [3.63, 3.8) is 0 Å². The van der Waals surface area contributed by atoms with Crippen molar-refractivity contribution < 1.29 is 23.8 Å². The molecule has 0 radical (unpaired) electrons. The smallest absolute Gasteiger partial charge is 0.342 e. The van der Waals surface area contributed by atoms with Crippen LogP contribution < -0.4 is 4.74 Å². The van der Waals surface area contributed by atoms with Gasteiger partial charge in [0.05, 0.1) is 0 Å². The van der Waals surface area contributed by atoms with Gasteiger partial charge in [0, 0.05) is 20.0 Å². The van der Waals surface area contributed by atoms with Gasteiger partial charge in [0.25, 0.3) is 0 Å². The van der Waals surface area contributed by atoms with Gasteiger partial charge in [-0.05, 0) is 50.7 Å². The maximum atomic E-state index is 12.5. The number of hydrogen-bond donors (Lipinski definition) is 0. The van der Waals surface area contributed by atoms with E-state index in [1.807, 2.05) is 6.07 Å². The summed E-state index contributed by atoms with van der Waals surface area (Å²) in [5, 5.41) is 0. The second-order valence-corrected chi connectivity index (χ2v) is 6.10. The van der Waals surface area contributed by atoms with Crippen molar-refractivity contribution in [3.05, 3.63) is 29.8 Å². The Kier molecular flexibility index (Phi) is 7.75. The molecule has 1 saturated carbocycles. The van der Waals surface area contributed by atoms with Gasteiger partial charge in [-0.25, -0.2) is 4.79 Å². The molecule has 0 atom stereocenters. The van der Waals surface area contributed by atoms with Crippen LogP contribution in [0.5, 0.6) is 5.75 Å². The molecule has 0 spiro atoms. The summed E-state index contributed by atoms with van der Waals surface area (Å²) in [5.41, 5.74) is 0.418. The maximum Gasteiger partial charge on any atom is 0.342 e. The molecule has 0 aliphatic heterocycles. The highest BCUT2D eigenvalue weighted by atomic mass is 16.7. The predicted molar refractivity (Wildman–Crippen MR) is 90.1 cm³/mol. The van der Waals surface area contributed by atoms with E-state index in [0.29, 0.717) is 29.9 Å². The molecule has 1 fully saturated rings. The molecule has 5 heteroatoms.